The summed E-state index contributed by atoms with van der Waals surface area (Å²) in [6.45, 7) is 1.72. The summed E-state index contributed by atoms with van der Waals surface area (Å²) in [6.07, 6.45) is -4.04. The first-order valence-electron chi connectivity index (χ1n) is 5.21. The summed E-state index contributed by atoms with van der Waals surface area (Å²) in [7, 11) is 0. The van der Waals surface area contributed by atoms with Gasteiger partial charge in [-0.1, -0.05) is 0 Å². The second kappa shape index (κ2) is 5.65. The molecule has 1 aromatic heterocycles. The van der Waals surface area contributed by atoms with Crippen molar-refractivity contribution >= 4 is 11.5 Å². The lowest BCUT2D eigenvalue weighted by molar-refractivity contribution is -0.385. The largest absolute Gasteiger partial charge is 0.389 e. The van der Waals surface area contributed by atoms with Gasteiger partial charge in [-0.15, -0.1) is 0 Å². The van der Waals surface area contributed by atoms with Crippen molar-refractivity contribution in [3.8, 4) is 0 Å². The Balaban J connectivity index is 2.51. The topological polar surface area (TPSA) is 68.1 Å². The van der Waals surface area contributed by atoms with Crippen molar-refractivity contribution in [1.29, 1.82) is 0 Å². The molecule has 18 heavy (non-hydrogen) atoms. The number of hydrogen-bond donors (Lipinski definition) is 1. The van der Waals surface area contributed by atoms with Gasteiger partial charge in [0.25, 0.3) is 5.69 Å². The number of anilines is 1. The number of hydrogen-bond acceptors (Lipinski definition) is 4. The van der Waals surface area contributed by atoms with Crippen LogP contribution in [0.2, 0.25) is 0 Å². The zero-order valence-electron chi connectivity index (χ0n) is 9.62. The molecular weight excluding hydrogens is 251 g/mol. The van der Waals surface area contributed by atoms with Crippen molar-refractivity contribution in [3.63, 3.8) is 0 Å². The fourth-order valence-corrected chi connectivity index (χ4v) is 1.34. The predicted octanol–water partition coefficient (Wildman–Crippen LogP) is 3.05. The van der Waals surface area contributed by atoms with E-state index in [-0.39, 0.29) is 18.7 Å². The molecule has 1 aromatic rings. The molecule has 1 rings (SSSR count). The van der Waals surface area contributed by atoms with Gasteiger partial charge in [0.15, 0.2) is 0 Å². The van der Waals surface area contributed by atoms with E-state index in [1.807, 2.05) is 0 Å². The number of aryl methyl sites for hydroxylation is 1. The summed E-state index contributed by atoms with van der Waals surface area (Å²) in [5.41, 5.74) is 0.379. The molecule has 0 radical (unpaired) electrons. The highest BCUT2D eigenvalue weighted by Gasteiger charge is 2.25. The summed E-state index contributed by atoms with van der Waals surface area (Å²) in [4.78, 5) is 13.7. The quantitative estimate of drug-likeness (QED) is 0.503. The molecule has 0 atom stereocenters. The van der Waals surface area contributed by atoms with Crippen molar-refractivity contribution in [2.75, 3.05) is 11.9 Å². The lowest BCUT2D eigenvalue weighted by Gasteiger charge is -2.09. The molecule has 1 N–H and O–H groups in total. The molecule has 0 bridgehead atoms. The molecule has 0 fully saturated rings. The van der Waals surface area contributed by atoms with E-state index in [9.17, 15) is 23.3 Å². The van der Waals surface area contributed by atoms with Gasteiger partial charge in [0.1, 0.15) is 12.0 Å². The molecule has 0 saturated carbocycles. The molecule has 1 heterocycles. The van der Waals surface area contributed by atoms with Gasteiger partial charge in [-0.05, 0) is 18.9 Å². The third-order valence-corrected chi connectivity index (χ3v) is 2.20. The minimum atomic E-state index is -4.17. The Labute approximate surface area is 101 Å². The number of nitrogens with one attached hydrogen (secondary N) is 1. The molecule has 0 aromatic carbocycles. The minimum absolute atomic E-state index is 0.0678. The minimum Gasteiger partial charge on any atom is -0.370 e. The van der Waals surface area contributed by atoms with Gasteiger partial charge in [0.05, 0.1) is 4.92 Å². The average Bonchev–Trinajstić information content (AvgIpc) is 2.24. The van der Waals surface area contributed by atoms with E-state index in [0.29, 0.717) is 11.4 Å². The number of nitro groups is 1. The lowest BCUT2D eigenvalue weighted by atomic mass is 10.2. The van der Waals surface area contributed by atoms with Crippen molar-refractivity contribution in [2.24, 2.45) is 0 Å². The van der Waals surface area contributed by atoms with Crippen LogP contribution < -0.4 is 5.32 Å². The molecule has 0 aliphatic heterocycles. The van der Waals surface area contributed by atoms with Gasteiger partial charge in [-0.25, -0.2) is 4.98 Å². The highest BCUT2D eigenvalue weighted by Crippen LogP contribution is 2.22. The standard InChI is InChI=1S/C10H12F3N3O2/c1-7-5-8(16(17)18)6-15-9(7)14-4-2-3-10(11,12)13/h5-6H,2-4H2,1H3,(H,14,15). The number of pyridine rings is 1. The van der Waals surface area contributed by atoms with Crippen molar-refractivity contribution in [1.82, 2.24) is 4.98 Å². The number of alkyl halides is 3. The van der Waals surface area contributed by atoms with E-state index < -0.39 is 17.5 Å². The van der Waals surface area contributed by atoms with E-state index >= 15 is 0 Å². The average molecular weight is 263 g/mol. The molecule has 8 heteroatoms. The summed E-state index contributed by atoms with van der Waals surface area (Å²) >= 11 is 0. The Hall–Kier alpha value is -1.86. The van der Waals surface area contributed by atoms with Gasteiger partial charge >= 0.3 is 6.18 Å². The van der Waals surface area contributed by atoms with Gasteiger partial charge in [-0.2, -0.15) is 13.2 Å². The lowest BCUT2D eigenvalue weighted by Crippen LogP contribution is -2.12. The van der Waals surface area contributed by atoms with Crippen LogP contribution in [-0.4, -0.2) is 22.6 Å². The van der Waals surface area contributed by atoms with E-state index in [2.05, 4.69) is 10.3 Å². The van der Waals surface area contributed by atoms with Gasteiger partial charge in [0, 0.05) is 19.0 Å². The second-order valence-electron chi connectivity index (χ2n) is 3.76. The molecule has 0 aliphatic rings. The first kappa shape index (κ1) is 14.2. The van der Waals surface area contributed by atoms with Crippen molar-refractivity contribution < 1.29 is 18.1 Å². The Bertz CT molecular complexity index is 435. The summed E-state index contributed by atoms with van der Waals surface area (Å²) in [5.74, 6) is 0.364. The van der Waals surface area contributed by atoms with E-state index in [0.717, 1.165) is 6.20 Å². The number of nitrogens with zero attached hydrogens (tertiary/aromatic N) is 2. The van der Waals surface area contributed by atoms with Crippen LogP contribution in [0.1, 0.15) is 18.4 Å². The predicted molar refractivity (Wildman–Crippen MR) is 59.4 cm³/mol. The molecule has 0 saturated heterocycles. The summed E-state index contributed by atoms with van der Waals surface area (Å²) in [6, 6.07) is 1.32. The van der Waals surface area contributed by atoms with Gasteiger partial charge in [-0.3, -0.25) is 10.1 Å². The second-order valence-corrected chi connectivity index (χ2v) is 3.76. The Kier molecular flexibility index (Phi) is 4.46. The zero-order valence-corrected chi connectivity index (χ0v) is 9.62. The van der Waals surface area contributed by atoms with E-state index in [1.54, 1.807) is 6.92 Å². The first-order chi connectivity index (χ1) is 8.29. The molecular formula is C10H12F3N3O2. The molecule has 0 amide bonds. The number of halogens is 3. The summed E-state index contributed by atoms with van der Waals surface area (Å²) in [5, 5.41) is 13.2. The van der Waals surface area contributed by atoms with Crippen LogP contribution in [0, 0.1) is 17.0 Å². The maximum absolute atomic E-state index is 11.9. The van der Waals surface area contributed by atoms with Gasteiger partial charge in [0.2, 0.25) is 0 Å². The third kappa shape index (κ3) is 4.56. The molecule has 0 unspecified atom stereocenters. The molecule has 5 nitrogen and oxygen atoms in total. The van der Waals surface area contributed by atoms with Crippen LogP contribution in [0.5, 0.6) is 0 Å². The number of aromatic nitrogens is 1. The Morgan fingerprint density at radius 3 is 2.67 bits per heavy atom. The Morgan fingerprint density at radius 1 is 1.50 bits per heavy atom. The van der Waals surface area contributed by atoms with E-state index in [1.165, 1.54) is 6.07 Å². The maximum Gasteiger partial charge on any atom is 0.389 e. The Morgan fingerprint density at radius 2 is 2.17 bits per heavy atom. The van der Waals surface area contributed by atoms with Crippen LogP contribution >= 0.6 is 0 Å². The third-order valence-electron chi connectivity index (χ3n) is 2.20. The van der Waals surface area contributed by atoms with Crippen LogP contribution in [0.4, 0.5) is 24.7 Å². The monoisotopic (exact) mass is 263 g/mol. The van der Waals surface area contributed by atoms with Gasteiger partial charge < -0.3 is 5.32 Å². The summed E-state index contributed by atoms with van der Waals surface area (Å²) < 4.78 is 35.7. The smallest absolute Gasteiger partial charge is 0.370 e. The fourth-order valence-electron chi connectivity index (χ4n) is 1.34. The van der Waals surface area contributed by atoms with Crippen molar-refractivity contribution in [3.05, 3.63) is 27.9 Å². The highest BCUT2D eigenvalue weighted by atomic mass is 19.4. The van der Waals surface area contributed by atoms with Crippen molar-refractivity contribution in [2.45, 2.75) is 25.9 Å². The molecule has 100 valence electrons. The van der Waals surface area contributed by atoms with Crippen LogP contribution in [0.15, 0.2) is 12.3 Å². The number of rotatable bonds is 5. The fraction of sp³-hybridized carbons (Fsp3) is 0.500. The first-order valence-corrected chi connectivity index (χ1v) is 5.21. The molecule has 0 aliphatic carbocycles. The molecule has 0 spiro atoms. The van der Waals surface area contributed by atoms with E-state index in [4.69, 9.17) is 0 Å². The SMILES string of the molecule is Cc1cc([N+](=O)[O-])cnc1NCCCC(F)(F)F. The van der Waals surface area contributed by atoms with Crippen LogP contribution in [0.3, 0.4) is 0 Å². The highest BCUT2D eigenvalue weighted by molar-refractivity contribution is 5.48. The maximum atomic E-state index is 11.9. The zero-order chi connectivity index (χ0) is 13.8. The van der Waals surface area contributed by atoms with Crippen LogP contribution in [0.25, 0.3) is 0 Å². The van der Waals surface area contributed by atoms with Crippen LogP contribution in [-0.2, 0) is 0 Å². The normalized spacial score (nSPS) is 11.3.